The maximum atomic E-state index is 12.3. The number of hydrogen-bond acceptors (Lipinski definition) is 7. The molecule has 198 valence electrons. The Labute approximate surface area is 223 Å². The van der Waals surface area contributed by atoms with Crippen LogP contribution in [-0.2, 0) is 25.6 Å². The summed E-state index contributed by atoms with van der Waals surface area (Å²) in [4.78, 5) is 50.0. The predicted molar refractivity (Wildman–Crippen MR) is 142 cm³/mol. The minimum atomic E-state index is -1.18. The van der Waals surface area contributed by atoms with Crippen LogP contribution in [0.2, 0.25) is 5.02 Å². The molecule has 1 aliphatic heterocycles. The lowest BCUT2D eigenvalue weighted by Crippen LogP contribution is -2.45. The number of nitrogens with one attached hydrogen (secondary N) is 2. The molecule has 0 radical (unpaired) electrons. The van der Waals surface area contributed by atoms with Gasteiger partial charge >= 0.3 is 18.0 Å². The van der Waals surface area contributed by atoms with Crippen molar-refractivity contribution in [1.29, 1.82) is 0 Å². The molecule has 11 nitrogen and oxygen atoms in total. The molecule has 2 heterocycles. The Kier molecular flexibility index (Phi) is 7.87. The van der Waals surface area contributed by atoms with Crippen molar-refractivity contribution in [3.05, 3.63) is 71.0 Å². The average Bonchev–Trinajstić information content (AvgIpc) is 3.35. The van der Waals surface area contributed by atoms with Crippen LogP contribution in [0.3, 0.4) is 0 Å². The van der Waals surface area contributed by atoms with Crippen LogP contribution in [0, 0.1) is 0 Å². The van der Waals surface area contributed by atoms with E-state index < -0.39 is 29.9 Å². The molecule has 1 aliphatic rings. The van der Waals surface area contributed by atoms with Gasteiger partial charge in [0.1, 0.15) is 0 Å². The van der Waals surface area contributed by atoms with Crippen LogP contribution in [-0.4, -0.2) is 47.7 Å². The molecule has 0 aliphatic carbocycles. The number of esters is 2. The van der Waals surface area contributed by atoms with Crippen molar-refractivity contribution in [2.24, 2.45) is 5.73 Å². The second kappa shape index (κ2) is 11.3. The second-order valence-corrected chi connectivity index (χ2v) is 8.69. The Hall–Kier alpha value is -4.51. The largest absolute Gasteiger partial charge is 0.464 e. The lowest BCUT2D eigenvalue weighted by atomic mass is 10.1. The number of fused-ring (bicyclic) bond motifs is 1. The first-order chi connectivity index (χ1) is 18.2. The molecule has 4 N–H and O–H groups in total. The van der Waals surface area contributed by atoms with Gasteiger partial charge in [0.05, 0.1) is 47.4 Å². The van der Waals surface area contributed by atoms with Gasteiger partial charge in [-0.05, 0) is 61.9 Å². The van der Waals surface area contributed by atoms with Gasteiger partial charge in [-0.2, -0.15) is 0 Å². The molecule has 38 heavy (non-hydrogen) atoms. The lowest BCUT2D eigenvalue weighted by molar-refractivity contribution is -0.146. The Bertz CT molecular complexity index is 1390. The molecule has 3 aromatic rings. The van der Waals surface area contributed by atoms with Crippen LogP contribution in [0.4, 0.5) is 21.9 Å². The van der Waals surface area contributed by atoms with Crippen molar-refractivity contribution < 1.29 is 28.7 Å². The van der Waals surface area contributed by atoms with E-state index in [1.807, 2.05) is 0 Å². The highest BCUT2D eigenvalue weighted by Crippen LogP contribution is 2.35. The number of nitrogens with two attached hydrogens (primary N) is 1. The molecule has 4 rings (SSSR count). The summed E-state index contributed by atoms with van der Waals surface area (Å²) in [7, 11) is 0. The van der Waals surface area contributed by atoms with Gasteiger partial charge in [-0.25, -0.2) is 14.4 Å². The molecule has 0 fully saturated rings. The first-order valence-corrected chi connectivity index (χ1v) is 12.2. The van der Waals surface area contributed by atoms with Crippen LogP contribution < -0.4 is 21.3 Å². The number of halogens is 1. The van der Waals surface area contributed by atoms with Crippen molar-refractivity contribution in [2.75, 3.05) is 28.7 Å². The summed E-state index contributed by atoms with van der Waals surface area (Å²) in [6, 6.07) is 9.60. The normalized spacial score (nSPS) is 14.1. The van der Waals surface area contributed by atoms with E-state index in [9.17, 15) is 19.2 Å². The van der Waals surface area contributed by atoms with E-state index in [1.54, 1.807) is 73.3 Å². The minimum Gasteiger partial charge on any atom is -0.464 e. The van der Waals surface area contributed by atoms with Crippen molar-refractivity contribution in [1.82, 2.24) is 4.57 Å². The van der Waals surface area contributed by atoms with Crippen molar-refractivity contribution in [2.45, 2.75) is 26.4 Å². The molecular weight excluding hydrogens is 514 g/mol. The molecule has 0 bridgehead atoms. The van der Waals surface area contributed by atoms with Crippen molar-refractivity contribution in [3.8, 4) is 5.69 Å². The first-order valence-electron chi connectivity index (χ1n) is 11.8. The van der Waals surface area contributed by atoms with E-state index in [0.29, 0.717) is 33.3 Å². The molecule has 12 heteroatoms. The number of hydrogen-bond donors (Lipinski definition) is 3. The van der Waals surface area contributed by atoms with Crippen molar-refractivity contribution in [3.63, 3.8) is 0 Å². The summed E-state index contributed by atoms with van der Waals surface area (Å²) in [5.41, 5.74) is 8.77. The molecule has 0 spiro atoms. The number of rotatable bonds is 8. The number of urea groups is 1. The smallest absolute Gasteiger partial charge is 0.338 e. The first kappa shape index (κ1) is 26.6. The molecule has 1 atom stereocenters. The number of aromatic nitrogens is 1. The fourth-order valence-corrected chi connectivity index (χ4v) is 4.22. The van der Waals surface area contributed by atoms with Crippen LogP contribution in [0.15, 0.2) is 54.9 Å². The molecule has 3 amide bonds. The third-order valence-electron chi connectivity index (χ3n) is 5.76. The zero-order valence-corrected chi connectivity index (χ0v) is 21.4. The number of anilines is 3. The monoisotopic (exact) mass is 539 g/mol. The summed E-state index contributed by atoms with van der Waals surface area (Å²) in [6.07, 6.45) is 3.54. The van der Waals surface area contributed by atoms with Gasteiger partial charge in [0.25, 0.3) is 5.91 Å². The molecule has 0 saturated heterocycles. The standard InChI is InChI=1S/C26H26ClN5O6/c1-3-37-24(34)16-5-7-17(8-6-16)32(26(28)36)14-15-9-10-31(13-15)21-12-20-19(11-18(21)27)30-23(33)22(29-20)25(35)38-4-2/h5-13,22,29H,3-4,14H2,1-2H3,(H2,28,36)(H,30,33). The Morgan fingerprint density at radius 2 is 1.76 bits per heavy atom. The molecule has 1 unspecified atom stereocenters. The quantitative estimate of drug-likeness (QED) is 0.292. The highest BCUT2D eigenvalue weighted by molar-refractivity contribution is 6.33. The predicted octanol–water partition coefficient (Wildman–Crippen LogP) is 3.69. The van der Waals surface area contributed by atoms with Gasteiger partial charge in [-0.1, -0.05) is 11.6 Å². The van der Waals surface area contributed by atoms with Gasteiger partial charge in [-0.3, -0.25) is 9.69 Å². The maximum Gasteiger partial charge on any atom is 0.338 e. The SMILES string of the molecule is CCOC(=O)c1ccc(N(Cc2ccn(-c3cc4c(cc3Cl)NC(=O)C(C(=O)OCC)N4)c2)C(N)=O)cc1. The van der Waals surface area contributed by atoms with Gasteiger partial charge in [-0.15, -0.1) is 0 Å². The van der Waals surface area contributed by atoms with Crippen LogP contribution in [0.1, 0.15) is 29.8 Å². The third kappa shape index (κ3) is 5.57. The number of primary amides is 1. The minimum absolute atomic E-state index is 0.146. The summed E-state index contributed by atoms with van der Waals surface area (Å²) < 4.78 is 11.7. The Morgan fingerprint density at radius 3 is 2.42 bits per heavy atom. The zero-order chi connectivity index (χ0) is 27.4. The number of carbonyl (C=O) groups is 4. The number of ether oxygens (including phenoxy) is 2. The number of carbonyl (C=O) groups excluding carboxylic acids is 4. The zero-order valence-electron chi connectivity index (χ0n) is 20.7. The number of nitrogens with zero attached hydrogens (tertiary/aromatic N) is 2. The van der Waals surface area contributed by atoms with E-state index >= 15 is 0 Å². The average molecular weight is 540 g/mol. The van der Waals surface area contributed by atoms with E-state index in [0.717, 1.165) is 5.56 Å². The maximum absolute atomic E-state index is 12.3. The van der Waals surface area contributed by atoms with E-state index in [4.69, 9.17) is 26.8 Å². The topological polar surface area (TPSA) is 145 Å². The summed E-state index contributed by atoms with van der Waals surface area (Å²) in [6.45, 7) is 3.94. The van der Waals surface area contributed by atoms with Gasteiger partial charge in [0.15, 0.2) is 0 Å². The summed E-state index contributed by atoms with van der Waals surface area (Å²) >= 11 is 6.50. The van der Waals surface area contributed by atoms with Gasteiger partial charge < -0.3 is 30.4 Å². The van der Waals surface area contributed by atoms with Crippen LogP contribution in [0.5, 0.6) is 0 Å². The van der Waals surface area contributed by atoms with Gasteiger partial charge in [0, 0.05) is 18.1 Å². The number of benzene rings is 2. The fraction of sp³-hybridized carbons (Fsp3) is 0.231. The molecule has 0 saturated carbocycles. The summed E-state index contributed by atoms with van der Waals surface area (Å²) in [5, 5.41) is 5.92. The van der Waals surface area contributed by atoms with E-state index in [1.165, 1.54) is 4.90 Å². The third-order valence-corrected chi connectivity index (χ3v) is 6.06. The Balaban J connectivity index is 1.55. The molecule has 1 aromatic heterocycles. The lowest BCUT2D eigenvalue weighted by Gasteiger charge is -2.26. The summed E-state index contributed by atoms with van der Waals surface area (Å²) in [5.74, 6) is -1.67. The fourth-order valence-electron chi connectivity index (χ4n) is 3.96. The van der Waals surface area contributed by atoms with Crippen molar-refractivity contribution >= 4 is 52.5 Å². The van der Waals surface area contributed by atoms with Crippen LogP contribution >= 0.6 is 11.6 Å². The van der Waals surface area contributed by atoms with E-state index in [-0.39, 0.29) is 19.8 Å². The highest BCUT2D eigenvalue weighted by atomic mass is 35.5. The molecular formula is C26H26ClN5O6. The van der Waals surface area contributed by atoms with Crippen LogP contribution in [0.25, 0.3) is 5.69 Å². The highest BCUT2D eigenvalue weighted by Gasteiger charge is 2.33. The Morgan fingerprint density at radius 1 is 1.05 bits per heavy atom. The van der Waals surface area contributed by atoms with E-state index in [2.05, 4.69) is 10.6 Å². The number of amides is 3. The molecule has 2 aromatic carbocycles. The van der Waals surface area contributed by atoms with Gasteiger partial charge in [0.2, 0.25) is 6.04 Å². The second-order valence-electron chi connectivity index (χ2n) is 8.29.